The Labute approximate surface area is 191 Å². The summed E-state index contributed by atoms with van der Waals surface area (Å²) in [5.74, 6) is 0.751. The van der Waals surface area contributed by atoms with E-state index >= 15 is 0 Å². The van der Waals surface area contributed by atoms with Crippen LogP contribution in [0.3, 0.4) is 0 Å². The Hall–Kier alpha value is -1.51. The number of nitrogens with zero attached hydrogens (tertiary/aromatic N) is 2. The van der Waals surface area contributed by atoms with Gasteiger partial charge in [-0.1, -0.05) is 64.0 Å². The summed E-state index contributed by atoms with van der Waals surface area (Å²) in [6, 6.07) is 12.2. The van der Waals surface area contributed by atoms with Gasteiger partial charge in [0, 0.05) is 20.8 Å². The van der Waals surface area contributed by atoms with E-state index in [-0.39, 0.29) is 5.91 Å². The molecule has 3 rings (SSSR count). The van der Waals surface area contributed by atoms with Crippen LogP contribution in [0.25, 0.3) is 0 Å². The average molecular weight is 489 g/mol. The third-order valence-corrected chi connectivity index (χ3v) is 6.72. The minimum atomic E-state index is -1.11. The molecule has 0 fully saturated rings. The van der Waals surface area contributed by atoms with Crippen molar-refractivity contribution >= 4 is 68.9 Å². The van der Waals surface area contributed by atoms with Crippen LogP contribution in [0.15, 0.2) is 46.8 Å². The first-order valence-corrected chi connectivity index (χ1v) is 11.3. The Kier molecular flexibility index (Phi) is 7.29. The standard InChI is InChI=1S/C19H16Cl3N3O2S2/c1-19(2,27-12-8-6-11(20)7-9-12)16(26)23-17-24-25-18(29-17)28-10-13-14(21)4-3-5-15(13)22/h3-9H,10H2,1-2H3,(H,23,24,26). The van der Waals surface area contributed by atoms with Crippen LogP contribution >= 0.6 is 57.9 Å². The summed E-state index contributed by atoms with van der Waals surface area (Å²) >= 11 is 21.0. The van der Waals surface area contributed by atoms with Crippen LogP contribution in [-0.4, -0.2) is 21.7 Å². The molecule has 0 atom stereocenters. The maximum atomic E-state index is 12.6. The van der Waals surface area contributed by atoms with Gasteiger partial charge in [-0.15, -0.1) is 10.2 Å². The SMILES string of the molecule is CC(C)(Oc1ccc(Cl)cc1)C(=O)Nc1nnc(SCc2c(Cl)cccc2Cl)s1. The van der Waals surface area contributed by atoms with E-state index < -0.39 is 5.60 Å². The Balaban J connectivity index is 1.60. The molecule has 0 saturated carbocycles. The molecule has 1 aromatic heterocycles. The van der Waals surface area contributed by atoms with Crippen LogP contribution in [0.2, 0.25) is 15.1 Å². The molecule has 152 valence electrons. The van der Waals surface area contributed by atoms with E-state index in [1.54, 1.807) is 56.3 Å². The molecule has 0 aliphatic carbocycles. The van der Waals surface area contributed by atoms with Crippen LogP contribution in [0.5, 0.6) is 5.75 Å². The molecule has 0 radical (unpaired) electrons. The fourth-order valence-corrected chi connectivity index (χ4v) is 4.83. The van der Waals surface area contributed by atoms with E-state index in [1.807, 2.05) is 0 Å². The van der Waals surface area contributed by atoms with Crippen molar-refractivity contribution in [1.82, 2.24) is 10.2 Å². The van der Waals surface area contributed by atoms with E-state index in [0.29, 0.717) is 36.0 Å². The van der Waals surface area contributed by atoms with Crippen molar-refractivity contribution in [2.24, 2.45) is 0 Å². The second-order valence-electron chi connectivity index (χ2n) is 6.38. The Morgan fingerprint density at radius 1 is 1.10 bits per heavy atom. The minimum absolute atomic E-state index is 0.339. The van der Waals surface area contributed by atoms with E-state index in [0.717, 1.165) is 5.56 Å². The molecule has 5 nitrogen and oxygen atoms in total. The van der Waals surface area contributed by atoms with Gasteiger partial charge in [-0.3, -0.25) is 10.1 Å². The van der Waals surface area contributed by atoms with Crippen molar-refractivity contribution < 1.29 is 9.53 Å². The minimum Gasteiger partial charge on any atom is -0.478 e. The Bertz CT molecular complexity index is 990. The fraction of sp³-hybridized carbons (Fsp3) is 0.211. The molecule has 1 N–H and O–H groups in total. The van der Waals surface area contributed by atoms with Crippen LogP contribution < -0.4 is 10.1 Å². The molecular formula is C19H16Cl3N3O2S2. The molecule has 0 spiro atoms. The maximum Gasteiger partial charge on any atom is 0.269 e. The summed E-state index contributed by atoms with van der Waals surface area (Å²) in [5, 5.41) is 13.0. The van der Waals surface area contributed by atoms with Crippen LogP contribution in [0.1, 0.15) is 19.4 Å². The van der Waals surface area contributed by atoms with Crippen molar-refractivity contribution in [3.8, 4) is 5.75 Å². The molecule has 0 aliphatic rings. The molecule has 0 unspecified atom stereocenters. The number of amides is 1. The van der Waals surface area contributed by atoms with Gasteiger partial charge in [-0.25, -0.2) is 0 Å². The lowest BCUT2D eigenvalue weighted by Crippen LogP contribution is -2.42. The first kappa shape index (κ1) is 22.2. The molecule has 0 aliphatic heterocycles. The largest absolute Gasteiger partial charge is 0.478 e. The summed E-state index contributed by atoms with van der Waals surface area (Å²) in [7, 11) is 0. The first-order valence-electron chi connectivity index (χ1n) is 8.40. The van der Waals surface area contributed by atoms with Gasteiger partial charge in [0.2, 0.25) is 5.13 Å². The second-order valence-corrected chi connectivity index (χ2v) is 9.83. The molecule has 3 aromatic rings. The van der Waals surface area contributed by atoms with Gasteiger partial charge in [0.1, 0.15) is 5.75 Å². The molecule has 0 saturated heterocycles. The zero-order valence-electron chi connectivity index (χ0n) is 15.4. The number of benzene rings is 2. The molecule has 0 bridgehead atoms. The van der Waals surface area contributed by atoms with Gasteiger partial charge in [-0.05, 0) is 55.8 Å². The predicted molar refractivity (Wildman–Crippen MR) is 121 cm³/mol. The highest BCUT2D eigenvalue weighted by Gasteiger charge is 2.31. The summed E-state index contributed by atoms with van der Waals surface area (Å²) in [6.07, 6.45) is 0. The van der Waals surface area contributed by atoms with Gasteiger partial charge >= 0.3 is 0 Å². The van der Waals surface area contributed by atoms with E-state index in [4.69, 9.17) is 39.5 Å². The highest BCUT2D eigenvalue weighted by molar-refractivity contribution is 8.00. The first-order chi connectivity index (χ1) is 13.7. The highest BCUT2D eigenvalue weighted by atomic mass is 35.5. The number of nitrogens with one attached hydrogen (secondary N) is 1. The zero-order chi connectivity index (χ0) is 21.0. The van der Waals surface area contributed by atoms with Gasteiger partial charge < -0.3 is 4.74 Å². The maximum absolute atomic E-state index is 12.6. The van der Waals surface area contributed by atoms with Crippen molar-refractivity contribution in [1.29, 1.82) is 0 Å². The quantitative estimate of drug-likeness (QED) is 0.300. The molecule has 29 heavy (non-hydrogen) atoms. The lowest BCUT2D eigenvalue weighted by atomic mass is 10.1. The lowest BCUT2D eigenvalue weighted by Gasteiger charge is -2.24. The number of carbonyl (C=O) groups is 1. The van der Waals surface area contributed by atoms with Crippen LogP contribution in [0.4, 0.5) is 5.13 Å². The van der Waals surface area contributed by atoms with Crippen molar-refractivity contribution in [2.45, 2.75) is 29.5 Å². The number of anilines is 1. The van der Waals surface area contributed by atoms with Gasteiger partial charge in [0.15, 0.2) is 9.94 Å². The zero-order valence-corrected chi connectivity index (χ0v) is 19.3. The number of carbonyl (C=O) groups excluding carboxylic acids is 1. The summed E-state index contributed by atoms with van der Waals surface area (Å²) < 4.78 is 6.47. The molecule has 2 aromatic carbocycles. The van der Waals surface area contributed by atoms with Gasteiger partial charge in [-0.2, -0.15) is 0 Å². The summed E-state index contributed by atoms with van der Waals surface area (Å²) in [4.78, 5) is 12.6. The predicted octanol–water partition coefficient (Wildman–Crippen LogP) is 6.59. The topological polar surface area (TPSA) is 64.1 Å². The second kappa shape index (κ2) is 9.53. The molecule has 1 amide bonds. The number of halogens is 3. The average Bonchev–Trinajstić information content (AvgIpc) is 3.10. The smallest absolute Gasteiger partial charge is 0.269 e. The van der Waals surface area contributed by atoms with Crippen LogP contribution in [0, 0.1) is 0 Å². The van der Waals surface area contributed by atoms with E-state index in [9.17, 15) is 4.79 Å². The number of thioether (sulfide) groups is 1. The van der Waals surface area contributed by atoms with Gasteiger partial charge in [0.25, 0.3) is 5.91 Å². The molecule has 10 heteroatoms. The Morgan fingerprint density at radius 3 is 2.41 bits per heavy atom. The molecule has 1 heterocycles. The van der Waals surface area contributed by atoms with Crippen molar-refractivity contribution in [3.05, 3.63) is 63.1 Å². The van der Waals surface area contributed by atoms with Crippen LogP contribution in [-0.2, 0) is 10.5 Å². The summed E-state index contributed by atoms with van der Waals surface area (Å²) in [5.41, 5.74) is -0.281. The third kappa shape index (κ3) is 5.99. The lowest BCUT2D eigenvalue weighted by molar-refractivity contribution is -0.128. The number of rotatable bonds is 7. The number of aromatic nitrogens is 2. The van der Waals surface area contributed by atoms with E-state index in [2.05, 4.69) is 15.5 Å². The monoisotopic (exact) mass is 487 g/mol. The number of hydrogen-bond acceptors (Lipinski definition) is 6. The van der Waals surface area contributed by atoms with Crippen molar-refractivity contribution in [3.63, 3.8) is 0 Å². The molecular weight excluding hydrogens is 473 g/mol. The Morgan fingerprint density at radius 2 is 1.76 bits per heavy atom. The number of ether oxygens (including phenoxy) is 1. The van der Waals surface area contributed by atoms with Crippen molar-refractivity contribution in [2.75, 3.05) is 5.32 Å². The third-order valence-electron chi connectivity index (χ3n) is 3.76. The number of hydrogen-bond donors (Lipinski definition) is 1. The normalized spacial score (nSPS) is 11.3. The fourth-order valence-electron chi connectivity index (χ4n) is 2.21. The van der Waals surface area contributed by atoms with Gasteiger partial charge in [0.05, 0.1) is 0 Å². The summed E-state index contributed by atoms with van der Waals surface area (Å²) in [6.45, 7) is 3.35. The van der Waals surface area contributed by atoms with E-state index in [1.165, 1.54) is 23.1 Å². The highest BCUT2D eigenvalue weighted by Crippen LogP contribution is 2.34.